The minimum absolute atomic E-state index is 0.365. The van der Waals surface area contributed by atoms with E-state index in [1.807, 2.05) is 18.8 Å². The van der Waals surface area contributed by atoms with E-state index in [2.05, 4.69) is 11.2 Å². The molecule has 1 aliphatic rings. The van der Waals surface area contributed by atoms with Crippen LogP contribution in [0.25, 0.3) is 0 Å². The van der Waals surface area contributed by atoms with E-state index < -0.39 is 0 Å². The molecule has 1 saturated heterocycles. The van der Waals surface area contributed by atoms with Crippen LogP contribution in [-0.2, 0) is 0 Å². The summed E-state index contributed by atoms with van der Waals surface area (Å²) in [7, 11) is 2.00. The fourth-order valence-corrected chi connectivity index (χ4v) is 3.05. The summed E-state index contributed by atoms with van der Waals surface area (Å²) in [5.74, 6) is 4.06. The fourth-order valence-electron chi connectivity index (χ4n) is 1.60. The summed E-state index contributed by atoms with van der Waals surface area (Å²) >= 11 is 2.03. The molecule has 1 nitrogen and oxygen atoms in total. The number of hydrogen-bond donors (Lipinski definition) is 1. The van der Waals surface area contributed by atoms with Crippen molar-refractivity contribution in [3.8, 4) is 12.3 Å². The monoisotopic (exact) mass is 169 g/mol. The maximum absolute atomic E-state index is 5.33. The molecule has 0 spiro atoms. The van der Waals surface area contributed by atoms with Gasteiger partial charge in [-0.3, -0.25) is 0 Å². The third kappa shape index (κ3) is 2.15. The quantitative estimate of drug-likeness (QED) is 0.642. The first-order valence-electron chi connectivity index (χ1n) is 4.05. The van der Waals surface area contributed by atoms with Crippen molar-refractivity contribution in [1.82, 2.24) is 5.32 Å². The molecule has 1 unspecified atom stereocenters. The van der Waals surface area contributed by atoms with Gasteiger partial charge in [-0.1, -0.05) is 0 Å². The van der Waals surface area contributed by atoms with Gasteiger partial charge in [0, 0.05) is 17.7 Å². The van der Waals surface area contributed by atoms with Crippen LogP contribution in [0.2, 0.25) is 0 Å². The van der Waals surface area contributed by atoms with Crippen LogP contribution in [0, 0.1) is 12.3 Å². The van der Waals surface area contributed by atoms with Crippen molar-refractivity contribution in [3.63, 3.8) is 0 Å². The van der Waals surface area contributed by atoms with Crippen LogP contribution >= 0.6 is 11.8 Å². The Balaban J connectivity index is 2.49. The highest BCUT2D eigenvalue weighted by Crippen LogP contribution is 2.39. The van der Waals surface area contributed by atoms with Crippen LogP contribution in [0.4, 0.5) is 0 Å². The van der Waals surface area contributed by atoms with Crippen LogP contribution in [0.15, 0.2) is 0 Å². The highest BCUT2D eigenvalue weighted by atomic mass is 32.2. The molecule has 62 valence electrons. The Bertz CT molecular complexity index is 153. The molecule has 0 aliphatic carbocycles. The summed E-state index contributed by atoms with van der Waals surface area (Å²) < 4.78 is 0.365. The first-order chi connectivity index (χ1) is 5.33. The maximum Gasteiger partial charge on any atom is 0.0393 e. The number of nitrogens with one attached hydrogen (secondary N) is 1. The molecule has 1 fully saturated rings. The lowest BCUT2D eigenvalue weighted by Gasteiger charge is -2.25. The predicted octanol–water partition coefficient (Wildman–Crippen LogP) is 1.49. The molecule has 1 N–H and O–H groups in total. The van der Waals surface area contributed by atoms with E-state index >= 15 is 0 Å². The molecule has 1 heterocycles. The van der Waals surface area contributed by atoms with Crippen molar-refractivity contribution < 1.29 is 0 Å². The van der Waals surface area contributed by atoms with Gasteiger partial charge in [0.2, 0.25) is 0 Å². The second-order valence-electron chi connectivity index (χ2n) is 3.05. The Morgan fingerprint density at radius 2 is 2.55 bits per heavy atom. The second kappa shape index (κ2) is 4.04. The SMILES string of the molecule is C#CCC1(CNC)CCCS1. The minimum atomic E-state index is 0.365. The lowest BCUT2D eigenvalue weighted by Crippen LogP contribution is -2.33. The molecule has 0 amide bonds. The van der Waals surface area contributed by atoms with E-state index in [1.165, 1.54) is 18.6 Å². The molecule has 0 aromatic rings. The molecule has 1 aliphatic heterocycles. The molecule has 0 saturated carbocycles. The van der Waals surface area contributed by atoms with Crippen molar-refractivity contribution in [2.24, 2.45) is 0 Å². The number of rotatable bonds is 3. The third-order valence-electron chi connectivity index (χ3n) is 2.11. The lowest BCUT2D eigenvalue weighted by molar-refractivity contribution is 0.539. The summed E-state index contributed by atoms with van der Waals surface area (Å²) in [5, 5.41) is 3.22. The van der Waals surface area contributed by atoms with Crippen LogP contribution < -0.4 is 5.32 Å². The van der Waals surface area contributed by atoms with E-state index in [9.17, 15) is 0 Å². The maximum atomic E-state index is 5.33. The molecule has 1 rings (SSSR count). The van der Waals surface area contributed by atoms with E-state index in [-0.39, 0.29) is 0 Å². The van der Waals surface area contributed by atoms with Gasteiger partial charge in [-0.15, -0.1) is 12.3 Å². The van der Waals surface area contributed by atoms with Gasteiger partial charge in [-0.25, -0.2) is 0 Å². The first kappa shape index (κ1) is 8.96. The van der Waals surface area contributed by atoms with Crippen molar-refractivity contribution in [3.05, 3.63) is 0 Å². The lowest BCUT2D eigenvalue weighted by atomic mass is 10.00. The average Bonchev–Trinajstić information content (AvgIpc) is 2.39. The van der Waals surface area contributed by atoms with E-state index in [0.717, 1.165) is 13.0 Å². The topological polar surface area (TPSA) is 12.0 Å². The second-order valence-corrected chi connectivity index (χ2v) is 4.61. The Morgan fingerprint density at radius 3 is 3.00 bits per heavy atom. The van der Waals surface area contributed by atoms with Gasteiger partial charge in [-0.05, 0) is 25.6 Å². The Hall–Kier alpha value is -0.130. The molecule has 0 aromatic heterocycles. The summed E-state index contributed by atoms with van der Waals surface area (Å²) in [4.78, 5) is 0. The molecule has 2 heteroatoms. The minimum Gasteiger partial charge on any atom is -0.318 e. The molecular formula is C9H15NS. The van der Waals surface area contributed by atoms with Gasteiger partial charge in [0.25, 0.3) is 0 Å². The van der Waals surface area contributed by atoms with E-state index in [4.69, 9.17) is 6.42 Å². The summed E-state index contributed by atoms with van der Waals surface area (Å²) in [6.07, 6.45) is 8.86. The van der Waals surface area contributed by atoms with Gasteiger partial charge in [0.15, 0.2) is 0 Å². The van der Waals surface area contributed by atoms with Crippen LogP contribution in [0.3, 0.4) is 0 Å². The highest BCUT2D eigenvalue weighted by molar-refractivity contribution is 8.00. The molecule has 0 aromatic carbocycles. The van der Waals surface area contributed by atoms with Crippen molar-refractivity contribution in [1.29, 1.82) is 0 Å². The smallest absolute Gasteiger partial charge is 0.0393 e. The van der Waals surface area contributed by atoms with Crippen LogP contribution in [0.1, 0.15) is 19.3 Å². The van der Waals surface area contributed by atoms with Gasteiger partial charge in [-0.2, -0.15) is 11.8 Å². The molecule has 0 radical (unpaired) electrons. The van der Waals surface area contributed by atoms with Gasteiger partial charge in [0.05, 0.1) is 0 Å². The standard InChI is InChI=1S/C9H15NS/c1-3-5-9(8-10-2)6-4-7-11-9/h1,10H,4-8H2,2H3. The van der Waals surface area contributed by atoms with Crippen LogP contribution in [0.5, 0.6) is 0 Å². The molecular weight excluding hydrogens is 154 g/mol. The number of thioether (sulfide) groups is 1. The van der Waals surface area contributed by atoms with Crippen molar-refractivity contribution in [2.75, 3.05) is 19.3 Å². The van der Waals surface area contributed by atoms with Gasteiger partial charge >= 0.3 is 0 Å². The zero-order valence-electron chi connectivity index (χ0n) is 7.02. The highest BCUT2D eigenvalue weighted by Gasteiger charge is 2.32. The van der Waals surface area contributed by atoms with Crippen molar-refractivity contribution in [2.45, 2.75) is 24.0 Å². The zero-order chi connectivity index (χ0) is 8.16. The third-order valence-corrected chi connectivity index (χ3v) is 3.71. The zero-order valence-corrected chi connectivity index (χ0v) is 7.84. The van der Waals surface area contributed by atoms with E-state index in [1.54, 1.807) is 0 Å². The van der Waals surface area contributed by atoms with Crippen molar-refractivity contribution >= 4 is 11.8 Å². The number of terminal acetylenes is 1. The summed E-state index contributed by atoms with van der Waals surface area (Å²) in [5.41, 5.74) is 0. The normalized spacial score (nSPS) is 30.2. The Morgan fingerprint density at radius 1 is 1.73 bits per heavy atom. The predicted molar refractivity (Wildman–Crippen MR) is 51.8 cm³/mol. The molecule has 11 heavy (non-hydrogen) atoms. The average molecular weight is 169 g/mol. The molecule has 1 atom stereocenters. The Kier molecular flexibility index (Phi) is 3.29. The molecule has 0 bridgehead atoms. The summed E-state index contributed by atoms with van der Waals surface area (Å²) in [6.45, 7) is 1.06. The first-order valence-corrected chi connectivity index (χ1v) is 5.03. The van der Waals surface area contributed by atoms with Crippen LogP contribution in [-0.4, -0.2) is 24.1 Å². The fraction of sp³-hybridized carbons (Fsp3) is 0.778. The largest absolute Gasteiger partial charge is 0.318 e. The van der Waals surface area contributed by atoms with Gasteiger partial charge < -0.3 is 5.32 Å². The Labute approximate surface area is 73.3 Å². The number of hydrogen-bond acceptors (Lipinski definition) is 2. The van der Waals surface area contributed by atoms with Gasteiger partial charge in [0.1, 0.15) is 0 Å². The summed E-state index contributed by atoms with van der Waals surface area (Å²) in [6, 6.07) is 0. The van der Waals surface area contributed by atoms with E-state index in [0.29, 0.717) is 4.75 Å².